The summed E-state index contributed by atoms with van der Waals surface area (Å²) in [6.45, 7) is 0.247. The first-order valence-corrected chi connectivity index (χ1v) is 8.03. The van der Waals surface area contributed by atoms with Gasteiger partial charge in [-0.1, -0.05) is 43.5 Å². The lowest BCUT2D eigenvalue weighted by molar-refractivity contribution is -0.683. The Kier molecular flexibility index (Phi) is 4.52. The third kappa shape index (κ3) is 3.53. The van der Waals surface area contributed by atoms with Gasteiger partial charge in [0.2, 0.25) is 18.5 Å². The molecule has 1 fully saturated rings. The predicted octanol–water partition coefficient (Wildman–Crippen LogP) is 3.61. The minimum Gasteiger partial charge on any atom is -0.503 e. The summed E-state index contributed by atoms with van der Waals surface area (Å²) in [6, 6.07) is 11.4. The van der Waals surface area contributed by atoms with E-state index in [2.05, 4.69) is 12.1 Å². The van der Waals surface area contributed by atoms with E-state index < -0.39 is 0 Å². The molecule has 0 spiro atoms. The molecule has 1 aromatic carbocycles. The van der Waals surface area contributed by atoms with E-state index in [1.165, 1.54) is 37.7 Å². The highest BCUT2D eigenvalue weighted by molar-refractivity contribution is 5.95. The SMILES string of the molecule is O=C(C[n+]1cccc(O)c1)c1ccc(C2CCCCC2)cc1. The Balaban J connectivity index is 1.68. The van der Waals surface area contributed by atoms with Crippen LogP contribution in [0, 0.1) is 0 Å². The molecule has 0 amide bonds. The molecule has 1 saturated carbocycles. The average molecular weight is 296 g/mol. The Morgan fingerprint density at radius 3 is 2.50 bits per heavy atom. The summed E-state index contributed by atoms with van der Waals surface area (Å²) in [5.41, 5.74) is 2.09. The lowest BCUT2D eigenvalue weighted by Gasteiger charge is -2.21. The first kappa shape index (κ1) is 14.8. The monoisotopic (exact) mass is 296 g/mol. The number of Topliss-reactive ketones (excluding diaryl/α,β-unsaturated/α-hetero) is 1. The van der Waals surface area contributed by atoms with Crippen LogP contribution in [0.5, 0.6) is 5.75 Å². The number of hydrogen-bond acceptors (Lipinski definition) is 2. The highest BCUT2D eigenvalue weighted by atomic mass is 16.3. The number of aromatic nitrogens is 1. The van der Waals surface area contributed by atoms with Crippen LogP contribution in [0.25, 0.3) is 0 Å². The van der Waals surface area contributed by atoms with Crippen LogP contribution in [0.15, 0.2) is 48.8 Å². The van der Waals surface area contributed by atoms with E-state index in [4.69, 9.17) is 0 Å². The molecule has 22 heavy (non-hydrogen) atoms. The number of benzene rings is 1. The van der Waals surface area contributed by atoms with Crippen molar-refractivity contribution in [3.05, 3.63) is 59.9 Å². The first-order chi connectivity index (χ1) is 10.7. The lowest BCUT2D eigenvalue weighted by Crippen LogP contribution is -2.36. The van der Waals surface area contributed by atoms with Crippen molar-refractivity contribution in [3.8, 4) is 5.75 Å². The van der Waals surface area contributed by atoms with E-state index in [-0.39, 0.29) is 18.1 Å². The van der Waals surface area contributed by atoms with Crippen molar-refractivity contribution in [2.24, 2.45) is 0 Å². The molecule has 3 rings (SSSR count). The van der Waals surface area contributed by atoms with Crippen LogP contribution < -0.4 is 4.57 Å². The van der Waals surface area contributed by atoms with Crippen molar-refractivity contribution in [1.82, 2.24) is 0 Å². The van der Waals surface area contributed by atoms with Gasteiger partial charge in [-0.2, -0.15) is 4.57 Å². The van der Waals surface area contributed by atoms with Crippen LogP contribution in [0.2, 0.25) is 0 Å². The minimum absolute atomic E-state index is 0.0609. The molecule has 0 bridgehead atoms. The quantitative estimate of drug-likeness (QED) is 0.691. The number of nitrogens with zero attached hydrogens (tertiary/aromatic N) is 1. The number of hydrogen-bond donors (Lipinski definition) is 1. The molecule has 1 aromatic heterocycles. The summed E-state index contributed by atoms with van der Waals surface area (Å²) >= 11 is 0. The molecule has 0 radical (unpaired) electrons. The van der Waals surface area contributed by atoms with Gasteiger partial charge in [0.15, 0.2) is 11.9 Å². The molecular weight excluding hydrogens is 274 g/mol. The molecule has 1 aliphatic carbocycles. The smallest absolute Gasteiger partial charge is 0.227 e. The molecule has 0 atom stereocenters. The average Bonchev–Trinajstić information content (AvgIpc) is 2.56. The van der Waals surface area contributed by atoms with Crippen molar-refractivity contribution < 1.29 is 14.5 Å². The van der Waals surface area contributed by atoms with Crippen LogP contribution in [-0.4, -0.2) is 10.9 Å². The maximum absolute atomic E-state index is 12.3. The topological polar surface area (TPSA) is 41.2 Å². The second-order valence-corrected chi connectivity index (χ2v) is 6.11. The lowest BCUT2D eigenvalue weighted by atomic mass is 9.84. The second kappa shape index (κ2) is 6.73. The van der Waals surface area contributed by atoms with E-state index in [1.54, 1.807) is 29.1 Å². The maximum atomic E-state index is 12.3. The zero-order valence-electron chi connectivity index (χ0n) is 12.7. The van der Waals surface area contributed by atoms with E-state index >= 15 is 0 Å². The largest absolute Gasteiger partial charge is 0.503 e. The Labute approximate surface area is 131 Å². The van der Waals surface area contributed by atoms with Gasteiger partial charge in [0, 0.05) is 11.6 Å². The molecule has 0 saturated heterocycles. The van der Waals surface area contributed by atoms with Gasteiger partial charge in [-0.25, -0.2) is 0 Å². The first-order valence-electron chi connectivity index (χ1n) is 8.03. The zero-order chi connectivity index (χ0) is 15.4. The summed E-state index contributed by atoms with van der Waals surface area (Å²) in [5.74, 6) is 0.895. The number of rotatable bonds is 4. The van der Waals surface area contributed by atoms with Gasteiger partial charge >= 0.3 is 0 Å². The van der Waals surface area contributed by atoms with E-state index in [9.17, 15) is 9.90 Å². The molecule has 114 valence electrons. The third-order valence-corrected chi connectivity index (χ3v) is 4.48. The highest BCUT2D eigenvalue weighted by Crippen LogP contribution is 2.32. The van der Waals surface area contributed by atoms with Crippen LogP contribution in [0.4, 0.5) is 0 Å². The van der Waals surface area contributed by atoms with Gasteiger partial charge in [-0.05, 0) is 30.4 Å². The van der Waals surface area contributed by atoms with Crippen molar-refractivity contribution in [2.75, 3.05) is 0 Å². The summed E-state index contributed by atoms with van der Waals surface area (Å²) in [7, 11) is 0. The van der Waals surface area contributed by atoms with Crippen molar-refractivity contribution in [3.63, 3.8) is 0 Å². The molecule has 3 nitrogen and oxygen atoms in total. The van der Waals surface area contributed by atoms with E-state index in [1.807, 2.05) is 12.1 Å². The van der Waals surface area contributed by atoms with Crippen LogP contribution in [-0.2, 0) is 6.54 Å². The third-order valence-electron chi connectivity index (χ3n) is 4.48. The van der Waals surface area contributed by atoms with Gasteiger partial charge < -0.3 is 5.11 Å². The molecule has 1 heterocycles. The van der Waals surface area contributed by atoms with Crippen molar-refractivity contribution in [2.45, 2.75) is 44.6 Å². The Morgan fingerprint density at radius 2 is 1.82 bits per heavy atom. The molecule has 1 N–H and O–H groups in total. The number of carbonyl (C=O) groups is 1. The number of ketones is 1. The van der Waals surface area contributed by atoms with Gasteiger partial charge in [-0.15, -0.1) is 0 Å². The fourth-order valence-electron chi connectivity index (χ4n) is 3.24. The highest BCUT2D eigenvalue weighted by Gasteiger charge is 2.17. The molecule has 0 aliphatic heterocycles. The Bertz CT molecular complexity index is 643. The van der Waals surface area contributed by atoms with Gasteiger partial charge in [0.1, 0.15) is 0 Å². The maximum Gasteiger partial charge on any atom is 0.227 e. The zero-order valence-corrected chi connectivity index (χ0v) is 12.7. The van der Waals surface area contributed by atoms with Crippen LogP contribution in [0.1, 0.15) is 53.9 Å². The van der Waals surface area contributed by atoms with E-state index in [0.717, 1.165) is 5.56 Å². The molecule has 0 unspecified atom stereocenters. The number of pyridine rings is 1. The second-order valence-electron chi connectivity index (χ2n) is 6.11. The molecule has 2 aromatic rings. The van der Waals surface area contributed by atoms with Gasteiger partial charge in [0.05, 0.1) is 0 Å². The minimum atomic E-state index is 0.0609. The summed E-state index contributed by atoms with van der Waals surface area (Å²) in [6.07, 6.45) is 9.88. The number of carbonyl (C=O) groups excluding carboxylic acids is 1. The summed E-state index contributed by atoms with van der Waals surface area (Å²) < 4.78 is 1.70. The number of aromatic hydroxyl groups is 1. The van der Waals surface area contributed by atoms with Crippen molar-refractivity contribution in [1.29, 1.82) is 0 Å². The Morgan fingerprint density at radius 1 is 1.09 bits per heavy atom. The normalized spacial score (nSPS) is 15.6. The van der Waals surface area contributed by atoms with E-state index in [0.29, 0.717) is 5.92 Å². The van der Waals surface area contributed by atoms with Gasteiger partial charge in [0.25, 0.3) is 0 Å². The van der Waals surface area contributed by atoms with Gasteiger partial charge in [-0.3, -0.25) is 4.79 Å². The summed E-state index contributed by atoms with van der Waals surface area (Å²) in [4.78, 5) is 12.3. The van der Waals surface area contributed by atoms with Crippen molar-refractivity contribution >= 4 is 5.78 Å². The standard InChI is InChI=1S/C19H21NO2/c21-18-7-4-12-20(13-18)14-19(22)17-10-8-16(9-11-17)15-5-2-1-3-6-15/h4,7-13,15H,1-3,5-6,14H2/p+1. The summed E-state index contributed by atoms with van der Waals surface area (Å²) in [5, 5.41) is 9.44. The van der Waals surface area contributed by atoms with Crippen LogP contribution in [0.3, 0.4) is 0 Å². The fourth-order valence-corrected chi connectivity index (χ4v) is 3.24. The Hall–Kier alpha value is -2.16. The molecule has 3 heteroatoms. The van der Waals surface area contributed by atoms with Crippen LogP contribution >= 0.6 is 0 Å². The fraction of sp³-hybridized carbons (Fsp3) is 0.368. The molecule has 1 aliphatic rings. The predicted molar refractivity (Wildman–Crippen MR) is 84.9 cm³/mol. The molecular formula is C19H22NO2+.